The van der Waals surface area contributed by atoms with Crippen LogP contribution in [0.1, 0.15) is 98.1 Å². The van der Waals surface area contributed by atoms with E-state index in [4.69, 9.17) is 4.74 Å². The van der Waals surface area contributed by atoms with Crippen molar-refractivity contribution in [3.05, 3.63) is 79.5 Å². The van der Waals surface area contributed by atoms with Gasteiger partial charge in [-0.15, -0.1) is 0 Å². The van der Waals surface area contributed by atoms with Crippen LogP contribution in [-0.2, 0) is 27.2 Å². The van der Waals surface area contributed by atoms with Gasteiger partial charge in [0.1, 0.15) is 5.92 Å². The van der Waals surface area contributed by atoms with Gasteiger partial charge in [0, 0.05) is 81.6 Å². The Morgan fingerprint density at radius 2 is 1.77 bits per heavy atom. The summed E-state index contributed by atoms with van der Waals surface area (Å²) in [7, 11) is 1.34. The minimum atomic E-state index is -1.09. The number of carbonyl (C=O) groups is 2. The van der Waals surface area contributed by atoms with Crippen molar-refractivity contribution in [1.29, 1.82) is 0 Å². The summed E-state index contributed by atoms with van der Waals surface area (Å²) >= 11 is 0. The van der Waals surface area contributed by atoms with Crippen molar-refractivity contribution in [3.63, 3.8) is 0 Å². The molecule has 0 unspecified atom stereocenters. The maximum Gasteiger partial charge on any atom is 0.316 e. The van der Waals surface area contributed by atoms with Gasteiger partial charge in [-0.25, -0.2) is 0 Å². The number of aromatic amines is 2. The molecule has 0 saturated carbocycles. The number of aliphatic carboxylic acids is 1. The van der Waals surface area contributed by atoms with Gasteiger partial charge in [0.15, 0.2) is 0 Å². The van der Waals surface area contributed by atoms with Crippen molar-refractivity contribution in [2.75, 3.05) is 7.11 Å². The van der Waals surface area contributed by atoms with E-state index in [1.807, 2.05) is 6.92 Å². The van der Waals surface area contributed by atoms with Gasteiger partial charge in [-0.2, -0.15) is 0 Å². The zero-order valence-corrected chi connectivity index (χ0v) is 26.7. The lowest BCUT2D eigenvalue weighted by molar-refractivity contribution is -0.146. The zero-order chi connectivity index (χ0) is 31.6. The fourth-order valence-corrected chi connectivity index (χ4v) is 8.07. The van der Waals surface area contributed by atoms with Crippen molar-refractivity contribution >= 4 is 23.6 Å². The monoisotopic (exact) mass is 600 g/mol. The molecule has 2 aromatic heterocycles. The first-order valence-corrected chi connectivity index (χ1v) is 15.8. The highest BCUT2D eigenvalue weighted by Crippen LogP contribution is 2.52. The van der Waals surface area contributed by atoms with Crippen LogP contribution in [0.3, 0.4) is 0 Å². The van der Waals surface area contributed by atoms with Gasteiger partial charge >= 0.3 is 11.9 Å². The number of allylic oxidation sites excluding steroid dienone is 4. The van der Waals surface area contributed by atoms with Crippen LogP contribution in [0.25, 0.3) is 11.6 Å². The summed E-state index contributed by atoms with van der Waals surface area (Å²) in [4.78, 5) is 32.4. The van der Waals surface area contributed by atoms with Gasteiger partial charge in [0.25, 0.3) is 0 Å². The molecule has 0 radical (unpaired) electrons. The van der Waals surface area contributed by atoms with Crippen LogP contribution < -0.4 is 10.6 Å². The topological polar surface area (TPSA) is 139 Å². The van der Waals surface area contributed by atoms with Crippen molar-refractivity contribution in [3.8, 4) is 0 Å². The number of aliphatic hydroxyl groups is 1. The number of ether oxygens (including phenoxy) is 1. The molecule has 1 aliphatic carbocycles. The molecule has 2 aromatic rings. The summed E-state index contributed by atoms with van der Waals surface area (Å²) < 4.78 is 5.23. The standard InChI is InChI=1S/C35H44N4O5/c1-8-19-15(3)22-12-24-17(5)21(10-11-28(40)41)32(38-24)30-31(35(43)44-7)34(42)29-18(6)25(39-33(29)30)14-27-20(9-2)16(4)23(37-27)13-26(19)36-22/h12-13,17,19,21,31,34,36-39,42H,8-11,14H2,1-7H3,(H,40,41)/b24-12-,26-13?,32-30-/t17-,19-,21-,31+,34-/m0/s1. The van der Waals surface area contributed by atoms with Crippen molar-refractivity contribution < 1.29 is 24.5 Å². The molecule has 9 nitrogen and oxygen atoms in total. The number of carboxylic acid groups (broad SMARTS) is 1. The van der Waals surface area contributed by atoms with E-state index >= 15 is 0 Å². The number of carbonyl (C=O) groups excluding carboxylic acids is 1. The highest BCUT2D eigenvalue weighted by molar-refractivity contribution is 5.94. The van der Waals surface area contributed by atoms with Crippen LogP contribution in [-0.4, -0.2) is 39.2 Å². The summed E-state index contributed by atoms with van der Waals surface area (Å²) in [6.07, 6.45) is 6.16. The first kappa shape index (κ1) is 30.1. The molecule has 5 heterocycles. The Morgan fingerprint density at radius 3 is 2.43 bits per heavy atom. The molecule has 5 atom stereocenters. The molecule has 44 heavy (non-hydrogen) atoms. The Kier molecular flexibility index (Phi) is 7.64. The number of carboxylic acids is 1. The number of esters is 1. The summed E-state index contributed by atoms with van der Waals surface area (Å²) in [6, 6.07) is 0. The van der Waals surface area contributed by atoms with E-state index in [0.29, 0.717) is 24.0 Å². The van der Waals surface area contributed by atoms with E-state index in [0.717, 1.165) is 64.0 Å². The molecule has 3 aliphatic heterocycles. The molecule has 4 aliphatic rings. The lowest BCUT2D eigenvalue weighted by Crippen LogP contribution is -2.24. The number of rotatable bonds is 6. The molecule has 0 spiro atoms. The van der Waals surface area contributed by atoms with E-state index in [9.17, 15) is 19.8 Å². The predicted molar refractivity (Wildman–Crippen MR) is 169 cm³/mol. The van der Waals surface area contributed by atoms with Crippen LogP contribution in [0.15, 0.2) is 34.4 Å². The summed E-state index contributed by atoms with van der Waals surface area (Å²) in [5.41, 5.74) is 13.9. The van der Waals surface area contributed by atoms with E-state index in [2.05, 4.69) is 67.4 Å². The normalized spacial score (nSPS) is 28.4. The summed E-state index contributed by atoms with van der Waals surface area (Å²) in [5.74, 6) is -2.30. The zero-order valence-electron chi connectivity index (χ0n) is 26.7. The van der Waals surface area contributed by atoms with Gasteiger partial charge in [0.05, 0.1) is 18.9 Å². The highest BCUT2D eigenvalue weighted by Gasteiger charge is 2.48. The van der Waals surface area contributed by atoms with E-state index < -0.39 is 24.0 Å². The lowest BCUT2D eigenvalue weighted by atomic mass is 9.84. The average Bonchev–Trinajstić information content (AvgIpc) is 3.72. The summed E-state index contributed by atoms with van der Waals surface area (Å²) in [5, 5.41) is 28.7. The maximum atomic E-state index is 13.3. The molecule has 6 N–H and O–H groups in total. The minimum Gasteiger partial charge on any atom is -0.481 e. The second kappa shape index (κ2) is 11.2. The van der Waals surface area contributed by atoms with Gasteiger partial charge in [-0.1, -0.05) is 20.8 Å². The van der Waals surface area contributed by atoms with Crippen LogP contribution in [0.5, 0.6) is 0 Å². The molecule has 6 rings (SSSR count). The van der Waals surface area contributed by atoms with Gasteiger partial charge in [-0.3, -0.25) is 9.59 Å². The number of aromatic nitrogens is 2. The first-order chi connectivity index (χ1) is 21.0. The fourth-order valence-electron chi connectivity index (χ4n) is 8.07. The number of H-pyrrole nitrogens is 2. The number of aliphatic hydroxyl groups excluding tert-OH is 1. The highest BCUT2D eigenvalue weighted by atomic mass is 16.5. The fraction of sp³-hybridized carbons (Fsp3) is 0.486. The molecule has 8 bridgehead atoms. The molecule has 234 valence electrons. The Hall–Kier alpha value is -3.98. The second-order valence-electron chi connectivity index (χ2n) is 12.8. The molecular formula is C35H44N4O5. The molecule has 1 fully saturated rings. The SMILES string of the molecule is CCc1c2[nH]c(c1C)C=C1NC(=C(C)[C@@H]1CC)/C=C1\N/C(=C3\c4[nH]c(c(C)c4[C@H](O)[C@@H]3C(=O)OC)C2)[C@@H](CCC(=O)O)[C@@H]1C. The maximum absolute atomic E-state index is 13.3. The molecule has 0 aromatic carbocycles. The van der Waals surface area contributed by atoms with Crippen LogP contribution >= 0.6 is 0 Å². The number of nitrogens with one attached hydrogen (secondary N) is 4. The number of methoxy groups -OCH3 is 1. The third-order valence-electron chi connectivity index (χ3n) is 10.6. The Balaban J connectivity index is 1.64. The lowest BCUT2D eigenvalue weighted by Gasteiger charge is -2.21. The van der Waals surface area contributed by atoms with Crippen LogP contribution in [0.4, 0.5) is 0 Å². The van der Waals surface area contributed by atoms with Crippen molar-refractivity contribution in [2.24, 2.45) is 23.7 Å². The molecule has 1 saturated heterocycles. The average molecular weight is 601 g/mol. The van der Waals surface area contributed by atoms with Gasteiger partial charge < -0.3 is 35.6 Å². The smallest absolute Gasteiger partial charge is 0.316 e. The van der Waals surface area contributed by atoms with E-state index in [-0.39, 0.29) is 24.2 Å². The predicted octanol–water partition coefficient (Wildman–Crippen LogP) is 5.52. The molecule has 9 heteroatoms. The number of hydrogen-bond donors (Lipinski definition) is 6. The Morgan fingerprint density at radius 1 is 1.02 bits per heavy atom. The number of hydrogen-bond acceptors (Lipinski definition) is 6. The van der Waals surface area contributed by atoms with Crippen LogP contribution in [0.2, 0.25) is 0 Å². The quantitative estimate of drug-likeness (QED) is 0.240. The third-order valence-corrected chi connectivity index (χ3v) is 10.6. The van der Waals surface area contributed by atoms with Gasteiger partial charge in [-0.05, 0) is 74.4 Å². The largest absolute Gasteiger partial charge is 0.481 e. The number of fused-ring (bicyclic) bond motifs is 7. The minimum absolute atomic E-state index is 0.00704. The third kappa shape index (κ3) is 4.55. The molecular weight excluding hydrogens is 556 g/mol. The van der Waals surface area contributed by atoms with E-state index in [1.54, 1.807) is 0 Å². The van der Waals surface area contributed by atoms with E-state index in [1.165, 1.54) is 23.8 Å². The molecule has 0 amide bonds. The summed E-state index contributed by atoms with van der Waals surface area (Å²) in [6.45, 7) is 12.8. The van der Waals surface area contributed by atoms with Crippen molar-refractivity contribution in [2.45, 2.75) is 79.8 Å². The van der Waals surface area contributed by atoms with Gasteiger partial charge in [0.2, 0.25) is 0 Å². The van der Waals surface area contributed by atoms with Crippen molar-refractivity contribution in [1.82, 2.24) is 20.6 Å². The first-order valence-electron chi connectivity index (χ1n) is 15.8. The second-order valence-corrected chi connectivity index (χ2v) is 12.8. The Bertz CT molecular complexity index is 1680. The van der Waals surface area contributed by atoms with Crippen LogP contribution in [0, 0.1) is 37.5 Å². The Labute approximate surface area is 258 Å².